The van der Waals surface area contributed by atoms with E-state index in [1.807, 2.05) is 0 Å². The van der Waals surface area contributed by atoms with Crippen LogP contribution < -0.4 is 10.3 Å². The molecular weight excluding hydrogens is 376 g/mol. The zero-order valence-electron chi connectivity index (χ0n) is 14.5. The van der Waals surface area contributed by atoms with Crippen LogP contribution >= 0.6 is 11.3 Å². The molecule has 0 radical (unpaired) electrons. The van der Waals surface area contributed by atoms with Gasteiger partial charge in [0.2, 0.25) is 10.0 Å². The minimum atomic E-state index is -3.56. The van der Waals surface area contributed by atoms with Crippen molar-refractivity contribution >= 4 is 21.4 Å². The number of hydrogen-bond donors (Lipinski definition) is 2. The van der Waals surface area contributed by atoms with Crippen LogP contribution in [0.25, 0.3) is 10.6 Å². The summed E-state index contributed by atoms with van der Waals surface area (Å²) in [6.45, 7) is 5.71. The zero-order chi connectivity index (χ0) is 18.6. The van der Waals surface area contributed by atoms with Crippen LogP contribution in [-0.4, -0.2) is 62.4 Å². The Hall–Kier alpha value is -1.59. The predicted molar refractivity (Wildman–Crippen MR) is 99.8 cm³/mol. The van der Waals surface area contributed by atoms with Crippen LogP contribution in [0, 0.1) is 0 Å². The average molecular weight is 399 g/mol. The topological polar surface area (TPSA) is 104 Å². The highest BCUT2D eigenvalue weighted by atomic mass is 32.2. The maximum atomic E-state index is 12.5. The van der Waals surface area contributed by atoms with E-state index in [0.717, 1.165) is 44.1 Å². The van der Waals surface area contributed by atoms with Gasteiger partial charge in [-0.15, -0.1) is 11.3 Å². The fourth-order valence-electron chi connectivity index (χ4n) is 2.76. The van der Waals surface area contributed by atoms with Crippen molar-refractivity contribution < 1.29 is 13.2 Å². The first kappa shape index (κ1) is 19.2. The summed E-state index contributed by atoms with van der Waals surface area (Å²) in [7, 11) is -3.56. The van der Waals surface area contributed by atoms with E-state index < -0.39 is 10.0 Å². The Bertz CT molecular complexity index is 867. The van der Waals surface area contributed by atoms with Gasteiger partial charge in [-0.25, -0.2) is 18.2 Å². The summed E-state index contributed by atoms with van der Waals surface area (Å²) in [6.07, 6.45) is 0.735. The van der Waals surface area contributed by atoms with E-state index in [4.69, 9.17) is 4.74 Å². The van der Waals surface area contributed by atoms with Gasteiger partial charge in [-0.3, -0.25) is 9.69 Å². The smallest absolute Gasteiger partial charge is 0.264 e. The van der Waals surface area contributed by atoms with Crippen LogP contribution in [-0.2, 0) is 14.8 Å². The van der Waals surface area contributed by atoms with E-state index in [1.165, 1.54) is 6.07 Å². The molecular formula is C16H22N4O4S2. The van der Waals surface area contributed by atoms with Crippen molar-refractivity contribution in [1.29, 1.82) is 0 Å². The Morgan fingerprint density at radius 2 is 2.08 bits per heavy atom. The largest absolute Gasteiger partial charge is 0.379 e. The van der Waals surface area contributed by atoms with E-state index >= 15 is 0 Å². The molecule has 2 aromatic heterocycles. The third-order valence-corrected chi connectivity index (χ3v) is 7.36. The third kappa shape index (κ3) is 4.77. The number of hydrogen-bond acceptors (Lipinski definition) is 7. The molecule has 1 aliphatic rings. The molecule has 142 valence electrons. The van der Waals surface area contributed by atoms with Gasteiger partial charge in [-0.05, 0) is 31.5 Å². The van der Waals surface area contributed by atoms with Crippen molar-refractivity contribution in [1.82, 2.24) is 19.8 Å². The quantitative estimate of drug-likeness (QED) is 0.718. The monoisotopic (exact) mass is 398 g/mol. The van der Waals surface area contributed by atoms with Crippen LogP contribution in [0.3, 0.4) is 0 Å². The number of H-pyrrole nitrogens is 1. The van der Waals surface area contributed by atoms with E-state index in [9.17, 15) is 13.2 Å². The molecule has 1 atom stereocenters. The van der Waals surface area contributed by atoms with Crippen molar-refractivity contribution in [2.75, 3.05) is 32.8 Å². The highest BCUT2D eigenvalue weighted by Crippen LogP contribution is 2.28. The molecule has 0 aromatic carbocycles. The molecule has 0 amide bonds. The van der Waals surface area contributed by atoms with Gasteiger partial charge in [0.25, 0.3) is 5.56 Å². The molecule has 0 aliphatic carbocycles. The minimum absolute atomic E-state index is 0.236. The molecule has 3 heterocycles. The molecule has 3 rings (SSSR count). The Morgan fingerprint density at radius 3 is 2.77 bits per heavy atom. The van der Waals surface area contributed by atoms with Gasteiger partial charge in [0.15, 0.2) is 0 Å². The second kappa shape index (κ2) is 8.40. The van der Waals surface area contributed by atoms with Crippen molar-refractivity contribution in [3.63, 3.8) is 0 Å². The Morgan fingerprint density at radius 1 is 1.31 bits per heavy atom. The van der Waals surface area contributed by atoms with Gasteiger partial charge < -0.3 is 4.74 Å². The molecule has 1 aliphatic heterocycles. The number of ether oxygens (including phenoxy) is 1. The summed E-state index contributed by atoms with van der Waals surface area (Å²) in [4.78, 5) is 14.1. The lowest BCUT2D eigenvalue weighted by atomic mass is 10.2. The van der Waals surface area contributed by atoms with Gasteiger partial charge in [-0.1, -0.05) is 0 Å². The van der Waals surface area contributed by atoms with Gasteiger partial charge in [0, 0.05) is 31.7 Å². The summed E-state index contributed by atoms with van der Waals surface area (Å²) in [6, 6.07) is 6.47. The highest BCUT2D eigenvalue weighted by molar-refractivity contribution is 7.91. The SMILES string of the molecule is C[C@@H](CCNS(=O)(=O)c1ccc(-c2ccc(=O)[nH]n2)s1)N1CCOCC1. The zero-order valence-corrected chi connectivity index (χ0v) is 16.1. The first-order chi connectivity index (χ1) is 12.5. The third-order valence-electron chi connectivity index (χ3n) is 4.30. The number of aromatic nitrogens is 2. The van der Waals surface area contributed by atoms with E-state index in [0.29, 0.717) is 23.2 Å². The molecule has 0 spiro atoms. The van der Waals surface area contributed by atoms with Crippen LogP contribution in [0.2, 0.25) is 0 Å². The molecule has 0 bridgehead atoms. The summed E-state index contributed by atoms with van der Waals surface area (Å²) in [5.41, 5.74) is 0.242. The van der Waals surface area contributed by atoms with Crippen molar-refractivity contribution in [3.05, 3.63) is 34.6 Å². The molecule has 2 aromatic rings. The maximum Gasteiger partial charge on any atom is 0.264 e. The molecule has 1 saturated heterocycles. The van der Waals surface area contributed by atoms with E-state index in [1.54, 1.807) is 18.2 Å². The predicted octanol–water partition coefficient (Wildman–Crippen LogP) is 0.887. The second-order valence-electron chi connectivity index (χ2n) is 6.11. The lowest BCUT2D eigenvalue weighted by Gasteiger charge is -2.32. The number of morpholine rings is 1. The molecule has 1 fully saturated rings. The number of sulfonamides is 1. The van der Waals surface area contributed by atoms with Gasteiger partial charge >= 0.3 is 0 Å². The average Bonchev–Trinajstić information content (AvgIpc) is 3.14. The first-order valence-electron chi connectivity index (χ1n) is 8.43. The minimum Gasteiger partial charge on any atom is -0.379 e. The number of rotatable bonds is 7. The first-order valence-corrected chi connectivity index (χ1v) is 10.7. The van der Waals surface area contributed by atoms with Crippen LogP contribution in [0.4, 0.5) is 0 Å². The fourth-order valence-corrected chi connectivity index (χ4v) is 5.13. The summed E-state index contributed by atoms with van der Waals surface area (Å²) in [5, 5.41) is 6.27. The van der Waals surface area contributed by atoms with Gasteiger partial charge in [0.05, 0.1) is 18.1 Å². The number of aromatic amines is 1. The Kier molecular flexibility index (Phi) is 6.20. The van der Waals surface area contributed by atoms with Crippen LogP contribution in [0.1, 0.15) is 13.3 Å². The number of nitrogens with one attached hydrogen (secondary N) is 2. The van der Waals surface area contributed by atoms with Crippen LogP contribution in [0.15, 0.2) is 33.3 Å². The molecule has 26 heavy (non-hydrogen) atoms. The Balaban J connectivity index is 1.58. The summed E-state index contributed by atoms with van der Waals surface area (Å²) < 4.78 is 33.2. The summed E-state index contributed by atoms with van der Waals surface area (Å²) in [5.74, 6) is 0. The number of thiophene rings is 1. The van der Waals surface area contributed by atoms with Gasteiger partial charge in [-0.2, -0.15) is 5.10 Å². The van der Waals surface area contributed by atoms with E-state index in [-0.39, 0.29) is 9.77 Å². The molecule has 2 N–H and O–H groups in total. The lowest BCUT2D eigenvalue weighted by molar-refractivity contribution is 0.0190. The molecule has 10 heteroatoms. The van der Waals surface area contributed by atoms with Crippen molar-refractivity contribution in [3.8, 4) is 10.6 Å². The maximum absolute atomic E-state index is 12.5. The summed E-state index contributed by atoms with van der Waals surface area (Å²) >= 11 is 1.12. The standard InChI is InChI=1S/C16H22N4O4S2/c1-12(20-8-10-24-11-9-20)6-7-17-26(22,23)16-5-3-14(25-16)13-2-4-15(21)19-18-13/h2-5,12,17H,6-11H2,1H3,(H,19,21)/t12-/m0/s1. The molecule has 0 saturated carbocycles. The molecule has 8 nitrogen and oxygen atoms in total. The normalized spacial score (nSPS) is 17.3. The van der Waals surface area contributed by atoms with Crippen molar-refractivity contribution in [2.24, 2.45) is 0 Å². The fraction of sp³-hybridized carbons (Fsp3) is 0.500. The van der Waals surface area contributed by atoms with Gasteiger partial charge in [0.1, 0.15) is 9.90 Å². The number of nitrogens with zero attached hydrogens (tertiary/aromatic N) is 2. The van der Waals surface area contributed by atoms with Crippen molar-refractivity contribution in [2.45, 2.75) is 23.6 Å². The lowest BCUT2D eigenvalue weighted by Crippen LogP contribution is -2.43. The molecule has 0 unspecified atom stereocenters. The van der Waals surface area contributed by atoms with Crippen LogP contribution in [0.5, 0.6) is 0 Å². The Labute approximate surface area is 156 Å². The second-order valence-corrected chi connectivity index (χ2v) is 9.19. The van der Waals surface area contributed by atoms with E-state index in [2.05, 4.69) is 26.7 Å². The highest BCUT2D eigenvalue weighted by Gasteiger charge is 2.20.